The largest absolute Gasteiger partial charge is 0.380 e. The highest BCUT2D eigenvalue weighted by atomic mass is 35.5. The number of nitrogens with one attached hydrogen (secondary N) is 1. The Kier molecular flexibility index (Phi) is 5.46. The number of sulfone groups is 2. The van der Waals surface area contributed by atoms with Crippen molar-refractivity contribution < 1.29 is 16.8 Å². The zero-order valence-corrected chi connectivity index (χ0v) is 13.9. The molecule has 0 aromatic heterocycles. The first-order valence-electron chi connectivity index (χ1n) is 5.96. The van der Waals surface area contributed by atoms with E-state index in [0.29, 0.717) is 11.6 Å². The Bertz CT molecular complexity index is 679. The predicted octanol–water partition coefficient (Wildman–Crippen LogP) is 1.92. The second kappa shape index (κ2) is 6.32. The molecule has 1 atom stereocenters. The molecule has 1 aromatic rings. The summed E-state index contributed by atoms with van der Waals surface area (Å²) < 4.78 is 46.7. The molecule has 0 radical (unpaired) electrons. The Balaban J connectivity index is 3.40. The van der Waals surface area contributed by atoms with Crippen LogP contribution in [0.4, 0.5) is 5.69 Å². The minimum absolute atomic E-state index is 0.0256. The average Bonchev–Trinajstić information content (AvgIpc) is 2.33. The topological polar surface area (TPSA) is 80.3 Å². The van der Waals surface area contributed by atoms with E-state index in [0.717, 1.165) is 18.9 Å². The number of benzene rings is 1. The van der Waals surface area contributed by atoms with Crippen molar-refractivity contribution in [2.24, 2.45) is 0 Å². The van der Waals surface area contributed by atoms with Crippen molar-refractivity contribution >= 4 is 37.0 Å². The number of hydrogen-bond donors (Lipinski definition) is 1. The van der Waals surface area contributed by atoms with Gasteiger partial charge in [0, 0.05) is 24.4 Å². The normalized spacial score (nSPS) is 14.0. The Morgan fingerprint density at radius 2 is 1.75 bits per heavy atom. The molecule has 8 heteroatoms. The fourth-order valence-electron chi connectivity index (χ4n) is 1.63. The number of rotatable bonds is 6. The van der Waals surface area contributed by atoms with Crippen LogP contribution in [0.15, 0.2) is 28.0 Å². The van der Waals surface area contributed by atoms with Gasteiger partial charge in [-0.2, -0.15) is 0 Å². The van der Waals surface area contributed by atoms with Gasteiger partial charge in [0.15, 0.2) is 19.7 Å². The van der Waals surface area contributed by atoms with Gasteiger partial charge in [0.05, 0.1) is 15.5 Å². The molecule has 1 aromatic carbocycles. The van der Waals surface area contributed by atoms with Gasteiger partial charge < -0.3 is 5.32 Å². The van der Waals surface area contributed by atoms with Crippen LogP contribution in [0.2, 0.25) is 0 Å². The lowest BCUT2D eigenvalue weighted by atomic mass is 10.2. The van der Waals surface area contributed by atoms with E-state index < -0.39 is 19.7 Å². The van der Waals surface area contributed by atoms with Crippen LogP contribution in [0.25, 0.3) is 0 Å². The van der Waals surface area contributed by atoms with Gasteiger partial charge in [-0.3, -0.25) is 0 Å². The smallest absolute Gasteiger partial charge is 0.177 e. The highest BCUT2D eigenvalue weighted by Gasteiger charge is 2.19. The van der Waals surface area contributed by atoms with Gasteiger partial charge in [0.2, 0.25) is 0 Å². The van der Waals surface area contributed by atoms with Gasteiger partial charge in [-0.25, -0.2) is 16.8 Å². The van der Waals surface area contributed by atoms with Crippen LogP contribution in [0.3, 0.4) is 0 Å². The third kappa shape index (κ3) is 4.36. The van der Waals surface area contributed by atoms with Crippen molar-refractivity contribution in [2.75, 3.05) is 23.7 Å². The van der Waals surface area contributed by atoms with Crippen molar-refractivity contribution in [3.63, 3.8) is 0 Å². The summed E-state index contributed by atoms with van der Waals surface area (Å²) >= 11 is 5.78. The molecule has 0 spiro atoms. The Labute approximate surface area is 125 Å². The maximum Gasteiger partial charge on any atom is 0.177 e. The molecule has 114 valence electrons. The first kappa shape index (κ1) is 17.3. The number of halogens is 1. The van der Waals surface area contributed by atoms with Crippen LogP contribution in [0.1, 0.15) is 13.3 Å². The summed E-state index contributed by atoms with van der Waals surface area (Å²) in [6.07, 6.45) is 2.80. The second-order valence-corrected chi connectivity index (χ2v) is 8.91. The molecular weight excluding hydrogens is 322 g/mol. The lowest BCUT2D eigenvalue weighted by molar-refractivity contribution is 0.600. The van der Waals surface area contributed by atoms with E-state index >= 15 is 0 Å². The van der Waals surface area contributed by atoms with Crippen molar-refractivity contribution in [3.8, 4) is 0 Å². The highest BCUT2D eigenvalue weighted by molar-refractivity contribution is 7.91. The Morgan fingerprint density at radius 1 is 1.15 bits per heavy atom. The van der Waals surface area contributed by atoms with Crippen LogP contribution in [-0.2, 0) is 19.7 Å². The highest BCUT2D eigenvalue weighted by Crippen LogP contribution is 2.26. The quantitative estimate of drug-likeness (QED) is 0.801. The minimum Gasteiger partial charge on any atom is -0.380 e. The van der Waals surface area contributed by atoms with Crippen molar-refractivity contribution in [1.29, 1.82) is 0 Å². The van der Waals surface area contributed by atoms with Crippen LogP contribution < -0.4 is 5.32 Å². The number of hydrogen-bond acceptors (Lipinski definition) is 5. The van der Waals surface area contributed by atoms with Gasteiger partial charge in [0.1, 0.15) is 0 Å². The maximum atomic E-state index is 11.8. The second-order valence-electron chi connectivity index (χ2n) is 4.61. The van der Waals surface area contributed by atoms with E-state index in [1.165, 1.54) is 18.2 Å². The van der Waals surface area contributed by atoms with Crippen LogP contribution in [0.5, 0.6) is 0 Å². The van der Waals surface area contributed by atoms with Gasteiger partial charge >= 0.3 is 0 Å². The van der Waals surface area contributed by atoms with Crippen molar-refractivity contribution in [2.45, 2.75) is 29.2 Å². The summed E-state index contributed by atoms with van der Waals surface area (Å²) in [6.45, 7) is 1.92. The van der Waals surface area contributed by atoms with E-state index in [2.05, 4.69) is 5.32 Å². The molecule has 0 amide bonds. The SMILES string of the molecule is CCC(CCl)Nc1ccc(S(C)(=O)=O)cc1S(C)(=O)=O. The number of anilines is 1. The zero-order chi connectivity index (χ0) is 15.6. The first-order chi connectivity index (χ1) is 9.09. The minimum atomic E-state index is -3.55. The van der Waals surface area contributed by atoms with Gasteiger partial charge in [-0.1, -0.05) is 6.92 Å². The summed E-state index contributed by atoms with van der Waals surface area (Å²) in [5.41, 5.74) is 0.368. The van der Waals surface area contributed by atoms with Gasteiger partial charge in [0.25, 0.3) is 0 Å². The van der Waals surface area contributed by atoms with E-state index in [9.17, 15) is 16.8 Å². The number of alkyl halides is 1. The molecule has 1 rings (SSSR count). The van der Waals surface area contributed by atoms with E-state index in [1.807, 2.05) is 6.92 Å². The molecule has 5 nitrogen and oxygen atoms in total. The molecule has 0 heterocycles. The monoisotopic (exact) mass is 339 g/mol. The van der Waals surface area contributed by atoms with Gasteiger partial charge in [-0.15, -0.1) is 11.6 Å². The standard InChI is InChI=1S/C12H18ClNO4S2/c1-4-9(8-13)14-11-6-5-10(19(2,15)16)7-12(11)20(3,17)18/h5-7,9,14H,4,8H2,1-3H3. The van der Waals surface area contributed by atoms with Crippen LogP contribution in [0, 0.1) is 0 Å². The van der Waals surface area contributed by atoms with E-state index in [4.69, 9.17) is 11.6 Å². The summed E-state index contributed by atoms with van der Waals surface area (Å²) in [7, 11) is -7.01. The maximum absolute atomic E-state index is 11.8. The summed E-state index contributed by atoms with van der Waals surface area (Å²) in [5, 5.41) is 3.03. The molecule has 20 heavy (non-hydrogen) atoms. The molecule has 0 aliphatic carbocycles. The van der Waals surface area contributed by atoms with Crippen LogP contribution >= 0.6 is 11.6 Å². The summed E-state index contributed by atoms with van der Waals surface area (Å²) in [5.74, 6) is 0.327. The molecule has 0 aliphatic heterocycles. The third-order valence-corrected chi connectivity index (χ3v) is 5.44. The fraction of sp³-hybridized carbons (Fsp3) is 0.500. The van der Waals surface area contributed by atoms with Crippen molar-refractivity contribution in [3.05, 3.63) is 18.2 Å². The molecule has 0 saturated heterocycles. The van der Waals surface area contributed by atoms with Crippen LogP contribution in [-0.4, -0.2) is 41.3 Å². The lowest BCUT2D eigenvalue weighted by Gasteiger charge is -2.18. The van der Waals surface area contributed by atoms with E-state index in [1.54, 1.807) is 0 Å². The third-order valence-electron chi connectivity index (χ3n) is 2.82. The Morgan fingerprint density at radius 3 is 2.15 bits per heavy atom. The summed E-state index contributed by atoms with van der Waals surface area (Å²) in [6, 6.07) is 3.93. The molecule has 0 bridgehead atoms. The van der Waals surface area contributed by atoms with Gasteiger partial charge in [-0.05, 0) is 24.6 Å². The zero-order valence-electron chi connectivity index (χ0n) is 11.6. The van der Waals surface area contributed by atoms with Crippen molar-refractivity contribution in [1.82, 2.24) is 0 Å². The lowest BCUT2D eigenvalue weighted by Crippen LogP contribution is -2.21. The fourth-order valence-corrected chi connectivity index (χ4v) is 3.51. The Hall–Kier alpha value is -0.790. The van der Waals surface area contributed by atoms with E-state index in [-0.39, 0.29) is 15.8 Å². The molecular formula is C12H18ClNO4S2. The molecule has 1 unspecified atom stereocenters. The average molecular weight is 340 g/mol. The predicted molar refractivity (Wildman–Crippen MR) is 81.1 cm³/mol. The molecule has 1 N–H and O–H groups in total. The summed E-state index contributed by atoms with van der Waals surface area (Å²) in [4.78, 5) is -0.0635. The molecule has 0 fully saturated rings. The first-order valence-corrected chi connectivity index (χ1v) is 10.3. The molecule has 0 aliphatic rings. The molecule has 0 saturated carbocycles.